The Labute approximate surface area is 115 Å². The molecule has 1 aromatic rings. The summed E-state index contributed by atoms with van der Waals surface area (Å²) in [4.78, 5) is 2.24. The van der Waals surface area contributed by atoms with E-state index in [9.17, 15) is 0 Å². The quantitative estimate of drug-likeness (QED) is 0.851. The third kappa shape index (κ3) is 4.11. The molecule has 1 aliphatic rings. The number of rotatable bonds is 6. The van der Waals surface area contributed by atoms with Gasteiger partial charge in [-0.25, -0.2) is 0 Å². The Balaban J connectivity index is 1.89. The maximum absolute atomic E-state index is 5.72. The molecule has 2 rings (SSSR count). The second-order valence-electron chi connectivity index (χ2n) is 4.81. The lowest BCUT2D eigenvalue weighted by atomic mass is 10.2. The molecule has 106 valence electrons. The molecule has 1 saturated heterocycles. The van der Waals surface area contributed by atoms with Gasteiger partial charge in [0.25, 0.3) is 0 Å². The second-order valence-corrected chi connectivity index (χ2v) is 4.81. The molecule has 19 heavy (non-hydrogen) atoms. The molecule has 1 aromatic carbocycles. The van der Waals surface area contributed by atoms with E-state index >= 15 is 0 Å². The highest BCUT2D eigenvalue weighted by Gasteiger charge is 2.15. The first-order chi connectivity index (χ1) is 9.31. The SMILES string of the molecule is CCOc1ccccc1N(C)CCC1CNCCO1. The van der Waals surface area contributed by atoms with Crippen LogP contribution in [0.1, 0.15) is 13.3 Å². The number of nitrogens with zero attached hydrogens (tertiary/aromatic N) is 1. The molecule has 0 radical (unpaired) electrons. The lowest BCUT2D eigenvalue weighted by molar-refractivity contribution is 0.0250. The van der Waals surface area contributed by atoms with Gasteiger partial charge >= 0.3 is 0 Å². The fraction of sp³-hybridized carbons (Fsp3) is 0.600. The predicted molar refractivity (Wildman–Crippen MR) is 78.1 cm³/mol. The van der Waals surface area contributed by atoms with Crippen molar-refractivity contribution in [1.29, 1.82) is 0 Å². The van der Waals surface area contributed by atoms with Crippen LogP contribution < -0.4 is 15.0 Å². The lowest BCUT2D eigenvalue weighted by Gasteiger charge is -2.27. The number of hydrogen-bond donors (Lipinski definition) is 1. The molecule has 0 bridgehead atoms. The maximum Gasteiger partial charge on any atom is 0.142 e. The third-order valence-electron chi connectivity index (χ3n) is 3.37. The molecule has 0 amide bonds. The summed E-state index contributed by atoms with van der Waals surface area (Å²) in [6.07, 6.45) is 1.36. The van der Waals surface area contributed by atoms with Crippen molar-refractivity contribution in [3.05, 3.63) is 24.3 Å². The molecule has 1 fully saturated rings. The Kier molecular flexibility index (Phi) is 5.48. The first-order valence-corrected chi connectivity index (χ1v) is 7.06. The Hall–Kier alpha value is -1.26. The number of morpholine rings is 1. The second kappa shape index (κ2) is 7.36. The number of para-hydroxylation sites is 2. The molecular weight excluding hydrogens is 240 g/mol. The summed E-state index contributed by atoms with van der Waals surface area (Å²) >= 11 is 0. The molecule has 4 nitrogen and oxygen atoms in total. The van der Waals surface area contributed by atoms with Gasteiger partial charge in [0.2, 0.25) is 0 Å². The molecule has 1 heterocycles. The maximum atomic E-state index is 5.72. The topological polar surface area (TPSA) is 33.7 Å². The van der Waals surface area contributed by atoms with E-state index in [-0.39, 0.29) is 0 Å². The van der Waals surface area contributed by atoms with E-state index in [1.165, 1.54) is 0 Å². The Bertz CT molecular complexity index is 378. The van der Waals surface area contributed by atoms with Crippen molar-refractivity contribution in [2.75, 3.05) is 44.8 Å². The fourth-order valence-corrected chi connectivity index (χ4v) is 2.31. The van der Waals surface area contributed by atoms with Gasteiger partial charge in [0.1, 0.15) is 5.75 Å². The summed E-state index contributed by atoms with van der Waals surface area (Å²) in [5.74, 6) is 0.954. The minimum absolute atomic E-state index is 0.329. The summed E-state index contributed by atoms with van der Waals surface area (Å²) < 4.78 is 11.4. The van der Waals surface area contributed by atoms with Gasteiger partial charge in [-0.05, 0) is 25.5 Å². The normalized spacial score (nSPS) is 19.2. The lowest BCUT2D eigenvalue weighted by Crippen LogP contribution is -2.40. The minimum Gasteiger partial charge on any atom is -0.492 e. The van der Waals surface area contributed by atoms with Crippen LogP contribution in [-0.4, -0.2) is 46.0 Å². The van der Waals surface area contributed by atoms with Crippen LogP contribution >= 0.6 is 0 Å². The molecule has 0 spiro atoms. The molecule has 0 aromatic heterocycles. The van der Waals surface area contributed by atoms with Gasteiger partial charge in [-0.15, -0.1) is 0 Å². The Morgan fingerprint density at radius 1 is 1.42 bits per heavy atom. The van der Waals surface area contributed by atoms with Gasteiger partial charge in [-0.1, -0.05) is 12.1 Å². The van der Waals surface area contributed by atoms with Gasteiger partial charge in [0.15, 0.2) is 0 Å². The van der Waals surface area contributed by atoms with E-state index in [0.29, 0.717) is 12.7 Å². The molecule has 1 aliphatic heterocycles. The highest BCUT2D eigenvalue weighted by Crippen LogP contribution is 2.27. The number of benzene rings is 1. The van der Waals surface area contributed by atoms with Gasteiger partial charge in [-0.2, -0.15) is 0 Å². The highest BCUT2D eigenvalue weighted by molar-refractivity contribution is 5.57. The fourth-order valence-electron chi connectivity index (χ4n) is 2.31. The van der Waals surface area contributed by atoms with Crippen molar-refractivity contribution in [3.8, 4) is 5.75 Å². The van der Waals surface area contributed by atoms with Crippen molar-refractivity contribution in [1.82, 2.24) is 5.32 Å². The van der Waals surface area contributed by atoms with Crippen molar-refractivity contribution < 1.29 is 9.47 Å². The van der Waals surface area contributed by atoms with E-state index in [2.05, 4.69) is 23.3 Å². The van der Waals surface area contributed by atoms with Crippen LogP contribution in [0.15, 0.2) is 24.3 Å². The molecule has 0 saturated carbocycles. The molecule has 4 heteroatoms. The van der Waals surface area contributed by atoms with E-state index in [4.69, 9.17) is 9.47 Å². The summed E-state index contributed by atoms with van der Waals surface area (Å²) in [6.45, 7) is 6.43. The monoisotopic (exact) mass is 264 g/mol. The van der Waals surface area contributed by atoms with Crippen molar-refractivity contribution >= 4 is 5.69 Å². The van der Waals surface area contributed by atoms with Gasteiger partial charge < -0.3 is 19.7 Å². The summed E-state index contributed by atoms with van der Waals surface area (Å²) in [7, 11) is 2.11. The summed E-state index contributed by atoms with van der Waals surface area (Å²) in [6, 6.07) is 8.18. The average Bonchev–Trinajstić information content (AvgIpc) is 2.47. The Morgan fingerprint density at radius 2 is 2.26 bits per heavy atom. The third-order valence-corrected chi connectivity index (χ3v) is 3.37. The number of hydrogen-bond acceptors (Lipinski definition) is 4. The molecule has 1 atom stereocenters. The summed E-state index contributed by atoms with van der Waals surface area (Å²) in [5, 5.41) is 3.36. The van der Waals surface area contributed by atoms with Gasteiger partial charge in [-0.3, -0.25) is 0 Å². The first kappa shape index (κ1) is 14.2. The minimum atomic E-state index is 0.329. The molecule has 0 aliphatic carbocycles. The van der Waals surface area contributed by atoms with Crippen LogP contribution in [0.3, 0.4) is 0 Å². The zero-order chi connectivity index (χ0) is 13.5. The van der Waals surface area contributed by atoms with Crippen LogP contribution in [0.2, 0.25) is 0 Å². The van der Waals surface area contributed by atoms with E-state index in [1.807, 2.05) is 25.1 Å². The van der Waals surface area contributed by atoms with E-state index in [1.54, 1.807) is 0 Å². The first-order valence-electron chi connectivity index (χ1n) is 7.06. The van der Waals surface area contributed by atoms with Crippen LogP contribution in [0.25, 0.3) is 0 Å². The molecule has 1 unspecified atom stereocenters. The van der Waals surface area contributed by atoms with Crippen molar-refractivity contribution in [2.24, 2.45) is 0 Å². The average molecular weight is 264 g/mol. The number of nitrogens with one attached hydrogen (secondary N) is 1. The zero-order valence-electron chi connectivity index (χ0n) is 11.9. The van der Waals surface area contributed by atoms with Gasteiger partial charge in [0, 0.05) is 26.7 Å². The van der Waals surface area contributed by atoms with Crippen LogP contribution in [0, 0.1) is 0 Å². The van der Waals surface area contributed by atoms with Crippen LogP contribution in [-0.2, 0) is 4.74 Å². The largest absolute Gasteiger partial charge is 0.492 e. The van der Waals surface area contributed by atoms with E-state index in [0.717, 1.165) is 44.1 Å². The van der Waals surface area contributed by atoms with Crippen LogP contribution in [0.5, 0.6) is 5.75 Å². The highest BCUT2D eigenvalue weighted by atomic mass is 16.5. The summed E-state index contributed by atoms with van der Waals surface area (Å²) in [5.41, 5.74) is 1.15. The van der Waals surface area contributed by atoms with E-state index < -0.39 is 0 Å². The number of ether oxygens (including phenoxy) is 2. The molecule has 1 N–H and O–H groups in total. The smallest absolute Gasteiger partial charge is 0.142 e. The zero-order valence-corrected chi connectivity index (χ0v) is 11.9. The standard InChI is InChI=1S/C15H24N2O2/c1-3-18-15-7-5-4-6-14(15)17(2)10-8-13-12-16-9-11-19-13/h4-7,13,16H,3,8-12H2,1-2H3. The predicted octanol–water partition coefficient (Wildman–Crippen LogP) is 1.90. The molecular formula is C15H24N2O2. The Morgan fingerprint density at radius 3 is 3.00 bits per heavy atom. The number of anilines is 1. The van der Waals surface area contributed by atoms with Crippen molar-refractivity contribution in [2.45, 2.75) is 19.4 Å². The van der Waals surface area contributed by atoms with Crippen molar-refractivity contribution in [3.63, 3.8) is 0 Å². The van der Waals surface area contributed by atoms with Gasteiger partial charge in [0.05, 0.1) is 25.0 Å². The van der Waals surface area contributed by atoms with Crippen LogP contribution in [0.4, 0.5) is 5.69 Å².